The van der Waals surface area contributed by atoms with E-state index in [0.29, 0.717) is 52.5 Å². The Morgan fingerprint density at radius 1 is 0.903 bits per heavy atom. The van der Waals surface area contributed by atoms with Crippen molar-refractivity contribution in [1.82, 2.24) is 10.2 Å². The van der Waals surface area contributed by atoms with Crippen LogP contribution in [0.5, 0.6) is 0 Å². The molecule has 0 radical (unpaired) electrons. The summed E-state index contributed by atoms with van der Waals surface area (Å²) >= 11 is 0. The lowest BCUT2D eigenvalue weighted by Crippen LogP contribution is -2.46. The Kier molecular flexibility index (Phi) is 17.5. The van der Waals surface area contributed by atoms with Gasteiger partial charge in [0.25, 0.3) is 0 Å². The van der Waals surface area contributed by atoms with Crippen LogP contribution in [-0.2, 0) is 19.1 Å². The molecule has 0 aromatic carbocycles. The van der Waals surface area contributed by atoms with E-state index >= 15 is 0 Å². The molecular formula is C24H47N3O4. The van der Waals surface area contributed by atoms with Gasteiger partial charge in [0.2, 0.25) is 11.8 Å². The molecule has 0 spiro atoms. The first-order valence-corrected chi connectivity index (χ1v) is 12.6. The van der Waals surface area contributed by atoms with Crippen LogP contribution >= 0.6 is 0 Å². The number of hydrogen-bond acceptors (Lipinski definition) is 5. The molecule has 1 aliphatic rings. The number of carbonyl (C=O) groups is 2. The largest absolute Gasteiger partial charge is 0.378 e. The predicted molar refractivity (Wildman–Crippen MR) is 125 cm³/mol. The zero-order chi connectivity index (χ0) is 22.6. The third-order valence-corrected chi connectivity index (χ3v) is 5.80. The molecule has 0 aliphatic carbocycles. The van der Waals surface area contributed by atoms with Gasteiger partial charge in [-0.25, -0.2) is 0 Å². The molecular weight excluding hydrogens is 394 g/mol. The Balaban J connectivity index is 2.07. The van der Waals surface area contributed by atoms with Crippen LogP contribution < -0.4 is 11.1 Å². The summed E-state index contributed by atoms with van der Waals surface area (Å²) in [5.74, 6) is 0.0717. The lowest BCUT2D eigenvalue weighted by molar-refractivity contribution is -0.138. The number of rotatable bonds is 20. The van der Waals surface area contributed by atoms with E-state index in [1.165, 1.54) is 51.4 Å². The van der Waals surface area contributed by atoms with E-state index in [1.54, 1.807) is 4.90 Å². The maximum Gasteiger partial charge on any atom is 0.242 e. The number of ether oxygens (including phenoxy) is 2. The molecule has 7 nitrogen and oxygen atoms in total. The zero-order valence-corrected chi connectivity index (χ0v) is 19.9. The van der Waals surface area contributed by atoms with Gasteiger partial charge in [-0.2, -0.15) is 0 Å². The van der Waals surface area contributed by atoms with Gasteiger partial charge in [-0.3, -0.25) is 9.59 Å². The molecule has 31 heavy (non-hydrogen) atoms. The van der Waals surface area contributed by atoms with Crippen molar-refractivity contribution < 1.29 is 19.1 Å². The van der Waals surface area contributed by atoms with Crippen molar-refractivity contribution in [3.8, 4) is 0 Å². The van der Waals surface area contributed by atoms with E-state index in [-0.39, 0.29) is 17.9 Å². The standard InChI is InChI=1S/C24H47N3O4/c1-2-3-4-5-6-7-8-9-10-11-14-23(28)27-17-12-13-22(27)24(29)26-16-19-31-21-20-30-18-15-25/h22H,2-21,25H2,1H3,(H,26,29). The highest BCUT2D eigenvalue weighted by molar-refractivity contribution is 5.88. The molecule has 1 atom stereocenters. The van der Waals surface area contributed by atoms with Gasteiger partial charge < -0.3 is 25.4 Å². The molecule has 0 bridgehead atoms. The average molecular weight is 442 g/mol. The lowest BCUT2D eigenvalue weighted by atomic mass is 10.1. The normalized spacial score (nSPS) is 16.1. The summed E-state index contributed by atoms with van der Waals surface area (Å²) in [4.78, 5) is 26.9. The summed E-state index contributed by atoms with van der Waals surface area (Å²) in [5, 5.41) is 2.90. The Morgan fingerprint density at radius 2 is 1.52 bits per heavy atom. The smallest absolute Gasteiger partial charge is 0.242 e. The fourth-order valence-electron chi connectivity index (χ4n) is 4.01. The fourth-order valence-corrected chi connectivity index (χ4v) is 4.01. The van der Waals surface area contributed by atoms with E-state index in [4.69, 9.17) is 15.2 Å². The predicted octanol–water partition coefficient (Wildman–Crippen LogP) is 3.40. The van der Waals surface area contributed by atoms with Crippen LogP contribution in [0, 0.1) is 0 Å². The van der Waals surface area contributed by atoms with Crippen molar-refractivity contribution in [3.63, 3.8) is 0 Å². The maximum atomic E-state index is 12.6. The summed E-state index contributed by atoms with van der Waals surface area (Å²) in [5.41, 5.74) is 5.34. The van der Waals surface area contributed by atoms with Crippen LogP contribution in [0.15, 0.2) is 0 Å². The van der Waals surface area contributed by atoms with E-state index in [2.05, 4.69) is 12.2 Å². The molecule has 1 aliphatic heterocycles. The zero-order valence-electron chi connectivity index (χ0n) is 19.9. The quantitative estimate of drug-likeness (QED) is 0.282. The van der Waals surface area contributed by atoms with Gasteiger partial charge in [0, 0.05) is 26.1 Å². The second-order valence-corrected chi connectivity index (χ2v) is 8.48. The highest BCUT2D eigenvalue weighted by Crippen LogP contribution is 2.20. The fraction of sp³-hybridized carbons (Fsp3) is 0.917. The summed E-state index contributed by atoms with van der Waals surface area (Å²) in [6.07, 6.45) is 14.8. The molecule has 7 heteroatoms. The van der Waals surface area contributed by atoms with E-state index in [9.17, 15) is 9.59 Å². The summed E-state index contributed by atoms with van der Waals surface area (Å²) < 4.78 is 10.7. The van der Waals surface area contributed by atoms with Crippen molar-refractivity contribution >= 4 is 11.8 Å². The minimum Gasteiger partial charge on any atom is -0.378 e. The van der Waals surface area contributed by atoms with Gasteiger partial charge >= 0.3 is 0 Å². The van der Waals surface area contributed by atoms with Crippen LogP contribution in [-0.4, -0.2) is 68.8 Å². The average Bonchev–Trinajstić information content (AvgIpc) is 3.27. The molecule has 2 amide bonds. The van der Waals surface area contributed by atoms with E-state index in [1.807, 2.05) is 0 Å². The van der Waals surface area contributed by atoms with Crippen molar-refractivity contribution in [2.24, 2.45) is 5.73 Å². The SMILES string of the molecule is CCCCCCCCCCCCC(=O)N1CCCC1C(=O)NCCOCCOCCN. The number of nitrogens with two attached hydrogens (primary N) is 1. The minimum absolute atomic E-state index is 0.0584. The molecule has 0 aromatic rings. The third kappa shape index (κ3) is 13.8. The van der Waals surface area contributed by atoms with Crippen LogP contribution in [0.4, 0.5) is 0 Å². The Morgan fingerprint density at radius 3 is 2.16 bits per heavy atom. The van der Waals surface area contributed by atoms with Gasteiger partial charge in [-0.05, 0) is 19.3 Å². The van der Waals surface area contributed by atoms with Crippen LogP contribution in [0.25, 0.3) is 0 Å². The number of nitrogens with zero attached hydrogens (tertiary/aromatic N) is 1. The van der Waals surface area contributed by atoms with E-state index < -0.39 is 0 Å². The summed E-state index contributed by atoms with van der Waals surface area (Å²) in [6.45, 7) is 5.87. The molecule has 182 valence electrons. The first kappa shape index (κ1) is 27.9. The molecule has 3 N–H and O–H groups in total. The maximum absolute atomic E-state index is 12.6. The van der Waals surface area contributed by atoms with E-state index in [0.717, 1.165) is 25.7 Å². The molecule has 0 saturated carbocycles. The molecule has 1 heterocycles. The summed E-state index contributed by atoms with van der Waals surface area (Å²) in [6, 6.07) is -0.316. The molecule has 1 rings (SSSR count). The third-order valence-electron chi connectivity index (χ3n) is 5.80. The Bertz CT molecular complexity index is 462. The minimum atomic E-state index is -0.316. The molecule has 1 saturated heterocycles. The first-order valence-electron chi connectivity index (χ1n) is 12.6. The van der Waals surface area contributed by atoms with Gasteiger partial charge in [0.05, 0.1) is 26.4 Å². The molecule has 1 fully saturated rings. The number of hydrogen-bond donors (Lipinski definition) is 2. The first-order chi connectivity index (χ1) is 15.2. The van der Waals surface area contributed by atoms with Gasteiger partial charge in [-0.1, -0.05) is 64.7 Å². The number of unbranched alkanes of at least 4 members (excludes halogenated alkanes) is 9. The number of amides is 2. The van der Waals surface area contributed by atoms with Gasteiger partial charge in [-0.15, -0.1) is 0 Å². The van der Waals surface area contributed by atoms with Crippen LogP contribution in [0.3, 0.4) is 0 Å². The Hall–Kier alpha value is -1.18. The van der Waals surface area contributed by atoms with Gasteiger partial charge in [0.15, 0.2) is 0 Å². The molecule has 0 aromatic heterocycles. The second kappa shape index (κ2) is 19.5. The number of nitrogens with one attached hydrogen (secondary N) is 1. The lowest BCUT2D eigenvalue weighted by Gasteiger charge is -2.24. The summed E-state index contributed by atoms with van der Waals surface area (Å²) in [7, 11) is 0. The van der Waals surface area contributed by atoms with Crippen molar-refractivity contribution in [3.05, 3.63) is 0 Å². The highest BCUT2D eigenvalue weighted by Gasteiger charge is 2.33. The number of likely N-dealkylation sites (tertiary alicyclic amines) is 1. The Labute approximate surface area is 189 Å². The van der Waals surface area contributed by atoms with Gasteiger partial charge in [0.1, 0.15) is 6.04 Å². The second-order valence-electron chi connectivity index (χ2n) is 8.48. The van der Waals surface area contributed by atoms with Crippen LogP contribution in [0.2, 0.25) is 0 Å². The molecule has 1 unspecified atom stereocenters. The van der Waals surface area contributed by atoms with Crippen molar-refractivity contribution in [2.75, 3.05) is 46.1 Å². The highest BCUT2D eigenvalue weighted by atomic mass is 16.5. The van der Waals surface area contributed by atoms with Crippen molar-refractivity contribution in [2.45, 2.75) is 96.4 Å². The monoisotopic (exact) mass is 441 g/mol. The van der Waals surface area contributed by atoms with Crippen molar-refractivity contribution in [1.29, 1.82) is 0 Å². The topological polar surface area (TPSA) is 93.9 Å². The number of carbonyl (C=O) groups excluding carboxylic acids is 2. The van der Waals surface area contributed by atoms with Crippen LogP contribution in [0.1, 0.15) is 90.4 Å².